The van der Waals surface area contributed by atoms with Crippen LogP contribution in [0.25, 0.3) is 0 Å². The second-order valence-electron chi connectivity index (χ2n) is 6.67. The number of likely N-dealkylation sites (tertiary alicyclic amines) is 1. The van der Waals surface area contributed by atoms with Crippen molar-refractivity contribution in [3.05, 3.63) is 59.7 Å². The number of benzene rings is 1. The fourth-order valence-corrected chi connectivity index (χ4v) is 3.43. The highest BCUT2D eigenvalue weighted by atomic mass is 19.1. The third-order valence-corrected chi connectivity index (χ3v) is 4.89. The number of halogens is 1. The summed E-state index contributed by atoms with van der Waals surface area (Å²) in [6.07, 6.45) is 0.0444. The summed E-state index contributed by atoms with van der Waals surface area (Å²) in [6.45, 7) is -0.164. The van der Waals surface area contributed by atoms with E-state index in [9.17, 15) is 29.3 Å². The molecule has 1 aromatic heterocycles. The van der Waals surface area contributed by atoms with Gasteiger partial charge in [-0.15, -0.1) is 0 Å². The summed E-state index contributed by atoms with van der Waals surface area (Å²) in [5.41, 5.74) is -1.46. The molecule has 1 saturated heterocycles. The smallest absolute Gasteiger partial charge is 0.314 e. The Morgan fingerprint density at radius 1 is 1.30 bits per heavy atom. The molecule has 0 aliphatic carbocycles. The Balaban J connectivity index is 1.92. The van der Waals surface area contributed by atoms with Crippen molar-refractivity contribution >= 4 is 11.9 Å². The number of carboxylic acids is 1. The molecule has 1 amide bonds. The monoisotopic (exact) mass is 374 g/mol. The number of carbonyl (C=O) groups excluding carboxylic acids is 1. The summed E-state index contributed by atoms with van der Waals surface area (Å²) in [5, 5.41) is 30.2. The highest BCUT2D eigenvalue weighted by Crippen LogP contribution is 2.35. The van der Waals surface area contributed by atoms with Crippen molar-refractivity contribution in [2.24, 2.45) is 5.41 Å². The fourth-order valence-electron chi connectivity index (χ4n) is 3.43. The number of pyridine rings is 1. The first-order valence-corrected chi connectivity index (χ1v) is 8.42. The first-order valence-electron chi connectivity index (χ1n) is 8.42. The Morgan fingerprint density at radius 3 is 2.74 bits per heavy atom. The van der Waals surface area contributed by atoms with Gasteiger partial charge < -0.3 is 20.2 Å². The molecule has 1 fully saturated rings. The van der Waals surface area contributed by atoms with Gasteiger partial charge in [-0.25, -0.2) is 9.37 Å². The average Bonchev–Trinajstić information content (AvgIpc) is 2.63. The van der Waals surface area contributed by atoms with E-state index in [1.165, 1.54) is 41.4 Å². The van der Waals surface area contributed by atoms with Crippen LogP contribution < -0.4 is 0 Å². The molecule has 1 aliphatic rings. The molecule has 3 rings (SSSR count). The van der Waals surface area contributed by atoms with Crippen LogP contribution in [-0.4, -0.2) is 56.3 Å². The van der Waals surface area contributed by atoms with Gasteiger partial charge in [-0.05, 0) is 42.7 Å². The van der Waals surface area contributed by atoms with E-state index in [0.717, 1.165) is 0 Å². The van der Waals surface area contributed by atoms with Gasteiger partial charge in [-0.2, -0.15) is 0 Å². The second-order valence-corrected chi connectivity index (χ2v) is 6.67. The number of aliphatic hydroxyl groups is 1. The number of carbonyl (C=O) groups is 2. The molecule has 0 unspecified atom stereocenters. The second kappa shape index (κ2) is 7.32. The lowest BCUT2D eigenvalue weighted by molar-refractivity contribution is -0.161. The van der Waals surface area contributed by atoms with E-state index in [1.807, 2.05) is 0 Å². The molecule has 0 saturated carbocycles. The number of aliphatic hydroxyl groups excluding tert-OH is 1. The van der Waals surface area contributed by atoms with Gasteiger partial charge in [-0.3, -0.25) is 9.59 Å². The number of amides is 1. The quantitative estimate of drug-likeness (QED) is 0.747. The van der Waals surface area contributed by atoms with Crippen LogP contribution in [0.15, 0.2) is 42.6 Å². The normalized spacial score (nSPS) is 22.4. The summed E-state index contributed by atoms with van der Waals surface area (Å²) < 4.78 is 13.5. The van der Waals surface area contributed by atoms with Crippen LogP contribution in [0.5, 0.6) is 5.75 Å². The molecule has 1 aliphatic heterocycles. The Hall–Kier alpha value is -3.00. The van der Waals surface area contributed by atoms with Gasteiger partial charge in [0.15, 0.2) is 5.69 Å². The Labute approximate surface area is 154 Å². The molecule has 3 N–H and O–H groups in total. The van der Waals surface area contributed by atoms with Crippen LogP contribution in [0.2, 0.25) is 0 Å². The van der Waals surface area contributed by atoms with E-state index in [1.54, 1.807) is 6.07 Å². The summed E-state index contributed by atoms with van der Waals surface area (Å²) in [6, 6.07) is 8.28. The SMILES string of the molecule is O=C(c1ncccc1O)N1CC[C@H](O)[C@](Cc2cccc(F)c2)(C(=O)O)C1. The minimum atomic E-state index is -1.69. The molecule has 2 atom stereocenters. The number of rotatable bonds is 4. The van der Waals surface area contributed by atoms with Gasteiger partial charge in [0.05, 0.1) is 6.10 Å². The summed E-state index contributed by atoms with van der Waals surface area (Å²) in [7, 11) is 0. The number of hydrogen-bond donors (Lipinski definition) is 3. The maximum absolute atomic E-state index is 13.5. The van der Waals surface area contributed by atoms with Gasteiger partial charge in [0.2, 0.25) is 0 Å². The first kappa shape index (κ1) is 18.8. The lowest BCUT2D eigenvalue weighted by Crippen LogP contribution is -2.58. The van der Waals surface area contributed by atoms with E-state index >= 15 is 0 Å². The minimum Gasteiger partial charge on any atom is -0.505 e. The molecule has 0 bridgehead atoms. The zero-order chi connectivity index (χ0) is 19.6. The molecule has 7 nitrogen and oxygen atoms in total. The molecular weight excluding hydrogens is 355 g/mol. The number of hydrogen-bond acceptors (Lipinski definition) is 5. The van der Waals surface area contributed by atoms with Gasteiger partial charge in [-0.1, -0.05) is 12.1 Å². The zero-order valence-corrected chi connectivity index (χ0v) is 14.4. The van der Waals surface area contributed by atoms with Gasteiger partial charge in [0.1, 0.15) is 17.0 Å². The zero-order valence-electron chi connectivity index (χ0n) is 14.4. The first-order chi connectivity index (χ1) is 12.8. The van der Waals surface area contributed by atoms with Crippen LogP contribution in [0.4, 0.5) is 4.39 Å². The lowest BCUT2D eigenvalue weighted by Gasteiger charge is -2.43. The number of nitrogens with zero attached hydrogens (tertiary/aromatic N) is 2. The minimum absolute atomic E-state index is 0.0426. The highest BCUT2D eigenvalue weighted by molar-refractivity contribution is 5.95. The van der Waals surface area contributed by atoms with E-state index < -0.39 is 29.2 Å². The average molecular weight is 374 g/mol. The predicted octanol–water partition coefficient (Wildman–Crippen LogP) is 1.45. The Kier molecular flexibility index (Phi) is 5.09. The highest BCUT2D eigenvalue weighted by Gasteiger charge is 2.50. The van der Waals surface area contributed by atoms with Gasteiger partial charge >= 0.3 is 5.97 Å². The van der Waals surface area contributed by atoms with E-state index in [4.69, 9.17) is 0 Å². The van der Waals surface area contributed by atoms with Crippen molar-refractivity contribution in [1.82, 2.24) is 9.88 Å². The number of aromatic nitrogens is 1. The molecule has 2 heterocycles. The molecule has 1 aromatic carbocycles. The lowest BCUT2D eigenvalue weighted by atomic mass is 9.72. The van der Waals surface area contributed by atoms with Crippen LogP contribution in [-0.2, 0) is 11.2 Å². The van der Waals surface area contributed by atoms with Crippen molar-refractivity contribution in [1.29, 1.82) is 0 Å². The topological polar surface area (TPSA) is 111 Å². The number of carboxylic acid groups (broad SMARTS) is 1. The van der Waals surface area contributed by atoms with E-state index in [0.29, 0.717) is 5.56 Å². The van der Waals surface area contributed by atoms with Crippen molar-refractivity contribution in [3.8, 4) is 5.75 Å². The van der Waals surface area contributed by atoms with Crippen molar-refractivity contribution < 1.29 is 29.3 Å². The third kappa shape index (κ3) is 3.61. The van der Waals surface area contributed by atoms with Gasteiger partial charge in [0, 0.05) is 19.3 Å². The van der Waals surface area contributed by atoms with Crippen molar-refractivity contribution in [2.45, 2.75) is 18.9 Å². The molecule has 0 spiro atoms. The maximum Gasteiger partial charge on any atom is 0.314 e. The largest absolute Gasteiger partial charge is 0.505 e. The van der Waals surface area contributed by atoms with Crippen molar-refractivity contribution in [3.63, 3.8) is 0 Å². The summed E-state index contributed by atoms with van der Waals surface area (Å²) in [4.78, 5) is 29.9. The summed E-state index contributed by atoms with van der Waals surface area (Å²) >= 11 is 0. The molecule has 27 heavy (non-hydrogen) atoms. The van der Waals surface area contributed by atoms with Gasteiger partial charge in [0.25, 0.3) is 5.91 Å². The van der Waals surface area contributed by atoms with E-state index in [2.05, 4.69) is 4.98 Å². The summed E-state index contributed by atoms with van der Waals surface area (Å²) in [5.74, 6) is -2.71. The van der Waals surface area contributed by atoms with Crippen molar-refractivity contribution in [2.75, 3.05) is 13.1 Å². The maximum atomic E-state index is 13.5. The molecule has 2 aromatic rings. The Morgan fingerprint density at radius 2 is 2.07 bits per heavy atom. The van der Waals surface area contributed by atoms with Crippen LogP contribution in [0, 0.1) is 11.2 Å². The van der Waals surface area contributed by atoms with E-state index in [-0.39, 0.29) is 37.4 Å². The van der Waals surface area contributed by atoms with Crippen LogP contribution >= 0.6 is 0 Å². The number of aromatic hydroxyl groups is 1. The number of piperidine rings is 1. The molecular formula is C19H19FN2O5. The Bertz CT molecular complexity index is 875. The molecule has 142 valence electrons. The molecule has 0 radical (unpaired) electrons. The standard InChI is InChI=1S/C19H19FN2O5/c20-13-4-1-3-12(9-13)10-19(18(26)27)11-22(8-6-15(19)24)17(25)16-14(23)5-2-7-21-16/h1-5,7,9,15,23-24H,6,8,10-11H2,(H,26,27)/t15-,19+/m0/s1. The third-order valence-electron chi connectivity index (χ3n) is 4.89. The predicted molar refractivity (Wildman–Crippen MR) is 92.6 cm³/mol. The fraction of sp³-hybridized carbons (Fsp3) is 0.316. The van der Waals surface area contributed by atoms with Crippen LogP contribution in [0.3, 0.4) is 0 Å². The number of aliphatic carboxylic acids is 1. The molecule has 8 heteroatoms. The van der Waals surface area contributed by atoms with Crippen LogP contribution in [0.1, 0.15) is 22.5 Å².